The van der Waals surface area contributed by atoms with Crippen molar-refractivity contribution >= 4 is 22.5 Å². The molecule has 3 aromatic rings. The van der Waals surface area contributed by atoms with Crippen LogP contribution < -0.4 is 5.32 Å². The van der Waals surface area contributed by atoms with Crippen LogP contribution in [0.1, 0.15) is 30.4 Å². The van der Waals surface area contributed by atoms with Crippen molar-refractivity contribution in [3.8, 4) is 12.1 Å². The Balaban J connectivity index is 2.07. The molecule has 0 unspecified atom stereocenters. The van der Waals surface area contributed by atoms with Crippen LogP contribution in [0.3, 0.4) is 0 Å². The molecule has 0 saturated carbocycles. The number of aromatic nitrogens is 2. The van der Waals surface area contributed by atoms with Gasteiger partial charge in [0.15, 0.2) is 5.65 Å². The van der Waals surface area contributed by atoms with Crippen LogP contribution in [0.5, 0.6) is 0 Å². The Morgan fingerprint density at radius 1 is 1.22 bits per heavy atom. The Labute approximate surface area is 134 Å². The van der Waals surface area contributed by atoms with Crippen LogP contribution in [0.15, 0.2) is 30.3 Å². The van der Waals surface area contributed by atoms with Crippen molar-refractivity contribution in [3.05, 3.63) is 41.5 Å². The number of nitrogens with one attached hydrogen (secondary N) is 1. The number of pyridine rings is 1. The second-order valence-electron chi connectivity index (χ2n) is 5.50. The standard InChI is InChI=1S/C18H17N5/c1-13-11-17(21-10-6-2-5-9-19)23-16-8-4-3-7-15(16)22-18(23)14(13)12-20/h3-4,7-8,11,21H,2,5-6,10H2,1H3. The van der Waals surface area contributed by atoms with Crippen LogP contribution in [0.2, 0.25) is 0 Å². The van der Waals surface area contributed by atoms with Gasteiger partial charge in [-0.15, -0.1) is 0 Å². The molecule has 0 fully saturated rings. The zero-order valence-corrected chi connectivity index (χ0v) is 13.0. The van der Waals surface area contributed by atoms with Gasteiger partial charge in [-0.05, 0) is 43.5 Å². The molecule has 0 saturated heterocycles. The molecule has 0 atom stereocenters. The average molecular weight is 303 g/mol. The number of hydrogen-bond acceptors (Lipinski definition) is 4. The lowest BCUT2D eigenvalue weighted by Gasteiger charge is -2.12. The van der Waals surface area contributed by atoms with Crippen LogP contribution >= 0.6 is 0 Å². The second-order valence-corrected chi connectivity index (χ2v) is 5.50. The zero-order chi connectivity index (χ0) is 16.2. The highest BCUT2D eigenvalue weighted by atomic mass is 15.1. The van der Waals surface area contributed by atoms with Crippen molar-refractivity contribution in [2.24, 2.45) is 0 Å². The van der Waals surface area contributed by atoms with Gasteiger partial charge in [-0.2, -0.15) is 10.5 Å². The first-order valence-electron chi connectivity index (χ1n) is 7.68. The number of imidazole rings is 1. The summed E-state index contributed by atoms with van der Waals surface area (Å²) in [6.45, 7) is 2.72. The van der Waals surface area contributed by atoms with E-state index in [2.05, 4.69) is 22.4 Å². The van der Waals surface area contributed by atoms with Crippen molar-refractivity contribution in [1.82, 2.24) is 9.38 Å². The number of hydrogen-bond donors (Lipinski definition) is 1. The number of aryl methyl sites for hydroxylation is 1. The van der Waals surface area contributed by atoms with Gasteiger partial charge < -0.3 is 5.32 Å². The number of nitrogens with zero attached hydrogens (tertiary/aromatic N) is 4. The third kappa shape index (κ3) is 2.69. The first-order chi connectivity index (χ1) is 11.3. The number of nitriles is 2. The maximum atomic E-state index is 9.45. The molecule has 23 heavy (non-hydrogen) atoms. The summed E-state index contributed by atoms with van der Waals surface area (Å²) in [5.41, 5.74) is 4.07. The van der Waals surface area contributed by atoms with Gasteiger partial charge in [-0.3, -0.25) is 4.40 Å². The van der Waals surface area contributed by atoms with E-state index in [0.29, 0.717) is 17.6 Å². The normalized spacial score (nSPS) is 10.6. The largest absolute Gasteiger partial charge is 0.371 e. The Morgan fingerprint density at radius 3 is 2.83 bits per heavy atom. The van der Waals surface area contributed by atoms with Crippen LogP contribution in [0.25, 0.3) is 16.7 Å². The zero-order valence-electron chi connectivity index (χ0n) is 13.0. The molecular formula is C18H17N5. The summed E-state index contributed by atoms with van der Waals surface area (Å²) in [6.07, 6.45) is 2.39. The van der Waals surface area contributed by atoms with E-state index in [1.54, 1.807) is 0 Å². The molecule has 2 aromatic heterocycles. The van der Waals surface area contributed by atoms with Crippen molar-refractivity contribution in [2.45, 2.75) is 26.2 Å². The highest BCUT2D eigenvalue weighted by molar-refractivity contribution is 5.85. The molecule has 0 bridgehead atoms. The maximum Gasteiger partial charge on any atom is 0.157 e. The maximum absolute atomic E-state index is 9.45. The molecule has 114 valence electrons. The van der Waals surface area contributed by atoms with E-state index in [9.17, 15) is 5.26 Å². The van der Waals surface area contributed by atoms with E-state index < -0.39 is 0 Å². The minimum atomic E-state index is 0.581. The van der Waals surface area contributed by atoms with E-state index in [-0.39, 0.29) is 0 Å². The molecule has 5 nitrogen and oxygen atoms in total. The fourth-order valence-corrected chi connectivity index (χ4v) is 2.77. The van der Waals surface area contributed by atoms with Gasteiger partial charge in [0.05, 0.1) is 22.7 Å². The number of anilines is 1. The molecule has 1 N–H and O–H groups in total. The molecule has 5 heteroatoms. The van der Waals surface area contributed by atoms with Gasteiger partial charge in [0.25, 0.3) is 0 Å². The number of benzene rings is 1. The summed E-state index contributed by atoms with van der Waals surface area (Å²) in [5.74, 6) is 0.933. The van der Waals surface area contributed by atoms with Crippen LogP contribution in [-0.2, 0) is 0 Å². The minimum Gasteiger partial charge on any atom is -0.371 e. The van der Waals surface area contributed by atoms with Gasteiger partial charge in [0, 0.05) is 13.0 Å². The number of rotatable bonds is 5. The lowest BCUT2D eigenvalue weighted by atomic mass is 10.1. The Hall–Kier alpha value is -3.05. The summed E-state index contributed by atoms with van der Waals surface area (Å²) >= 11 is 0. The molecule has 0 aliphatic heterocycles. The van der Waals surface area contributed by atoms with E-state index >= 15 is 0 Å². The van der Waals surface area contributed by atoms with Crippen molar-refractivity contribution in [1.29, 1.82) is 10.5 Å². The lowest BCUT2D eigenvalue weighted by Crippen LogP contribution is -2.07. The van der Waals surface area contributed by atoms with Gasteiger partial charge in [0.1, 0.15) is 11.9 Å². The molecule has 0 spiro atoms. The predicted octanol–water partition coefficient (Wildman–Crippen LogP) is 3.77. The van der Waals surface area contributed by atoms with Crippen molar-refractivity contribution in [3.63, 3.8) is 0 Å². The van der Waals surface area contributed by atoms with Crippen LogP contribution in [-0.4, -0.2) is 15.9 Å². The number of unbranched alkanes of at least 4 members (excludes halogenated alkanes) is 2. The summed E-state index contributed by atoms with van der Waals surface area (Å²) in [7, 11) is 0. The molecule has 0 amide bonds. The summed E-state index contributed by atoms with van der Waals surface area (Å²) < 4.78 is 2.01. The topological polar surface area (TPSA) is 76.9 Å². The fourth-order valence-electron chi connectivity index (χ4n) is 2.77. The van der Waals surface area contributed by atoms with Crippen LogP contribution in [0.4, 0.5) is 5.82 Å². The third-order valence-corrected chi connectivity index (χ3v) is 3.91. The summed E-state index contributed by atoms with van der Waals surface area (Å²) in [6, 6.07) is 14.3. The van der Waals surface area contributed by atoms with Crippen LogP contribution in [0, 0.1) is 29.6 Å². The van der Waals surface area contributed by atoms with Crippen molar-refractivity contribution in [2.75, 3.05) is 11.9 Å². The van der Waals surface area contributed by atoms with Gasteiger partial charge in [-0.25, -0.2) is 4.98 Å². The Morgan fingerprint density at radius 2 is 2.04 bits per heavy atom. The molecular weight excluding hydrogens is 286 g/mol. The number of para-hydroxylation sites is 2. The minimum absolute atomic E-state index is 0.581. The highest BCUT2D eigenvalue weighted by Gasteiger charge is 2.14. The molecule has 3 rings (SSSR count). The quantitative estimate of drug-likeness (QED) is 0.728. The predicted molar refractivity (Wildman–Crippen MR) is 90.1 cm³/mol. The van der Waals surface area contributed by atoms with E-state index in [0.717, 1.165) is 41.8 Å². The first kappa shape index (κ1) is 14.9. The summed E-state index contributed by atoms with van der Waals surface area (Å²) in [5, 5.41) is 21.5. The molecule has 0 radical (unpaired) electrons. The van der Waals surface area contributed by atoms with Gasteiger partial charge >= 0.3 is 0 Å². The average Bonchev–Trinajstić information content (AvgIpc) is 2.94. The Kier molecular flexibility index (Phi) is 4.12. The first-order valence-corrected chi connectivity index (χ1v) is 7.68. The Bertz CT molecular complexity index is 940. The smallest absolute Gasteiger partial charge is 0.157 e. The fraction of sp³-hybridized carbons (Fsp3) is 0.278. The molecule has 0 aliphatic carbocycles. The molecule has 2 heterocycles. The number of fused-ring (bicyclic) bond motifs is 3. The highest BCUT2D eigenvalue weighted by Crippen LogP contribution is 2.26. The summed E-state index contributed by atoms with van der Waals surface area (Å²) in [4.78, 5) is 4.62. The monoisotopic (exact) mass is 303 g/mol. The second kappa shape index (κ2) is 6.37. The van der Waals surface area contributed by atoms with E-state index in [1.807, 2.05) is 41.7 Å². The van der Waals surface area contributed by atoms with E-state index in [1.165, 1.54) is 0 Å². The third-order valence-electron chi connectivity index (χ3n) is 3.91. The van der Waals surface area contributed by atoms with Gasteiger partial charge in [-0.1, -0.05) is 12.1 Å². The SMILES string of the molecule is Cc1cc(NCCCCC#N)n2c(nc3ccccc32)c1C#N. The molecule has 0 aliphatic rings. The molecule has 1 aromatic carbocycles. The lowest BCUT2D eigenvalue weighted by molar-refractivity contribution is 0.781. The van der Waals surface area contributed by atoms with Crippen molar-refractivity contribution < 1.29 is 0 Å². The van der Waals surface area contributed by atoms with Gasteiger partial charge in [0.2, 0.25) is 0 Å². The van der Waals surface area contributed by atoms with E-state index in [4.69, 9.17) is 5.26 Å².